The first kappa shape index (κ1) is 20.2. The molecule has 156 valence electrons. The molecule has 2 heterocycles. The molecule has 1 aromatic heterocycles. The summed E-state index contributed by atoms with van der Waals surface area (Å²) in [5.41, 5.74) is 1.92. The molecule has 4 rings (SSSR count). The van der Waals surface area contributed by atoms with Crippen LogP contribution in [0.2, 0.25) is 5.02 Å². The molecule has 1 aliphatic rings. The van der Waals surface area contributed by atoms with Crippen molar-refractivity contribution in [3.05, 3.63) is 69.6 Å². The lowest BCUT2D eigenvalue weighted by atomic mass is 10.0. The minimum Gasteiger partial charge on any atom is -0.341 e. The molecule has 0 aliphatic carbocycles. The highest BCUT2D eigenvalue weighted by Gasteiger charge is 2.29. The van der Waals surface area contributed by atoms with Crippen molar-refractivity contribution in [1.29, 1.82) is 0 Å². The number of hydrogen-bond acceptors (Lipinski definition) is 3. The number of carbonyl (C=O) groups is 2. The maximum Gasteiger partial charge on any atom is 0.326 e. The fraction of sp³-hybridized carbons (Fsp3) is 0.318. The molecule has 1 aliphatic heterocycles. The molecule has 0 bridgehead atoms. The minimum atomic E-state index is -0.666. The zero-order valence-corrected chi connectivity index (χ0v) is 17.4. The fourth-order valence-electron chi connectivity index (χ4n) is 4.04. The molecule has 0 radical (unpaired) electrons. The van der Waals surface area contributed by atoms with Gasteiger partial charge >= 0.3 is 5.69 Å². The Bertz CT molecular complexity index is 1140. The number of rotatable bonds is 4. The van der Waals surface area contributed by atoms with Gasteiger partial charge in [-0.25, -0.2) is 4.79 Å². The van der Waals surface area contributed by atoms with Crippen LogP contribution in [0.4, 0.5) is 0 Å². The normalized spacial score (nSPS) is 15.9. The summed E-state index contributed by atoms with van der Waals surface area (Å²) in [6.07, 6.45) is 1.36. The summed E-state index contributed by atoms with van der Waals surface area (Å²) in [4.78, 5) is 42.3. The van der Waals surface area contributed by atoms with Crippen LogP contribution in [0.1, 0.15) is 36.2 Å². The Labute approximate surface area is 178 Å². The van der Waals surface area contributed by atoms with Gasteiger partial charge in [0, 0.05) is 19.1 Å². The molecule has 30 heavy (non-hydrogen) atoms. The van der Waals surface area contributed by atoms with Crippen LogP contribution >= 0.6 is 11.6 Å². The van der Waals surface area contributed by atoms with Gasteiger partial charge < -0.3 is 15.2 Å². The van der Waals surface area contributed by atoms with E-state index in [0.29, 0.717) is 36.5 Å². The number of fused-ring (bicyclic) bond motifs is 1. The van der Waals surface area contributed by atoms with Gasteiger partial charge in [-0.3, -0.25) is 14.2 Å². The van der Waals surface area contributed by atoms with Gasteiger partial charge in [0.1, 0.15) is 6.04 Å². The number of aromatic amines is 1. The number of hydrogen-bond donors (Lipinski definition) is 2. The summed E-state index contributed by atoms with van der Waals surface area (Å²) in [7, 11) is 0. The highest BCUT2D eigenvalue weighted by atomic mass is 35.5. The van der Waals surface area contributed by atoms with E-state index in [1.807, 2.05) is 24.3 Å². The molecule has 0 saturated carbocycles. The first-order valence-electron chi connectivity index (χ1n) is 9.99. The minimum absolute atomic E-state index is 0.0331. The lowest BCUT2D eigenvalue weighted by Gasteiger charge is -2.34. The van der Waals surface area contributed by atoms with Crippen molar-refractivity contribution in [3.63, 3.8) is 0 Å². The number of aromatic nitrogens is 2. The van der Waals surface area contributed by atoms with E-state index in [2.05, 4.69) is 10.3 Å². The number of imidazole rings is 1. The highest BCUT2D eigenvalue weighted by Crippen LogP contribution is 2.25. The molecule has 8 heteroatoms. The molecule has 3 aromatic rings. The predicted molar refractivity (Wildman–Crippen MR) is 116 cm³/mol. The Morgan fingerprint density at radius 2 is 1.77 bits per heavy atom. The number of nitrogens with one attached hydrogen (secondary N) is 2. The lowest BCUT2D eigenvalue weighted by molar-refractivity contribution is -0.134. The first-order valence-corrected chi connectivity index (χ1v) is 10.4. The summed E-state index contributed by atoms with van der Waals surface area (Å²) >= 11 is 6.06. The average molecular weight is 427 g/mol. The van der Waals surface area contributed by atoms with Crippen LogP contribution in [0.3, 0.4) is 0 Å². The van der Waals surface area contributed by atoms with Gasteiger partial charge in [-0.15, -0.1) is 0 Å². The van der Waals surface area contributed by atoms with Gasteiger partial charge in [0.15, 0.2) is 0 Å². The molecule has 1 atom stereocenters. The Morgan fingerprint density at radius 1 is 1.10 bits per heavy atom. The third-order valence-electron chi connectivity index (χ3n) is 5.60. The number of para-hydroxylation sites is 2. The number of benzene rings is 2. The highest BCUT2D eigenvalue weighted by molar-refractivity contribution is 6.33. The fourth-order valence-corrected chi connectivity index (χ4v) is 4.26. The van der Waals surface area contributed by atoms with Gasteiger partial charge in [-0.05, 0) is 44.0 Å². The quantitative estimate of drug-likeness (QED) is 0.672. The first-order chi connectivity index (χ1) is 14.5. The van der Waals surface area contributed by atoms with E-state index in [1.54, 1.807) is 40.7 Å². The van der Waals surface area contributed by atoms with Crippen molar-refractivity contribution in [2.45, 2.75) is 31.8 Å². The number of likely N-dealkylation sites (tertiary alicyclic amines) is 1. The van der Waals surface area contributed by atoms with Crippen molar-refractivity contribution in [3.8, 4) is 0 Å². The van der Waals surface area contributed by atoms with Crippen molar-refractivity contribution >= 4 is 34.4 Å². The number of nitrogens with zero attached hydrogens (tertiary/aromatic N) is 2. The van der Waals surface area contributed by atoms with Gasteiger partial charge in [0.25, 0.3) is 5.91 Å². The van der Waals surface area contributed by atoms with Crippen molar-refractivity contribution < 1.29 is 9.59 Å². The van der Waals surface area contributed by atoms with Crippen molar-refractivity contribution in [2.75, 3.05) is 13.1 Å². The topological polar surface area (TPSA) is 87.2 Å². The maximum absolute atomic E-state index is 12.8. The second-order valence-corrected chi connectivity index (χ2v) is 7.96. The maximum atomic E-state index is 12.8. The number of piperidine rings is 1. The number of halogens is 1. The summed E-state index contributed by atoms with van der Waals surface area (Å²) in [6.45, 7) is 2.73. The third-order valence-corrected chi connectivity index (χ3v) is 5.93. The molecule has 1 saturated heterocycles. The zero-order valence-electron chi connectivity index (χ0n) is 16.6. The second kappa shape index (κ2) is 8.36. The predicted octanol–water partition coefficient (Wildman–Crippen LogP) is 2.97. The lowest BCUT2D eigenvalue weighted by Crippen LogP contribution is -2.49. The van der Waals surface area contributed by atoms with Gasteiger partial charge in [-0.1, -0.05) is 35.9 Å². The zero-order chi connectivity index (χ0) is 21.3. The Hall–Kier alpha value is -3.06. The second-order valence-electron chi connectivity index (χ2n) is 7.55. The summed E-state index contributed by atoms with van der Waals surface area (Å²) in [5, 5.41) is 3.08. The van der Waals surface area contributed by atoms with E-state index < -0.39 is 6.04 Å². The van der Waals surface area contributed by atoms with Gasteiger partial charge in [0.2, 0.25) is 5.91 Å². The van der Waals surface area contributed by atoms with Crippen molar-refractivity contribution in [2.24, 2.45) is 0 Å². The smallest absolute Gasteiger partial charge is 0.326 e. The summed E-state index contributed by atoms with van der Waals surface area (Å²) < 4.78 is 1.79. The largest absolute Gasteiger partial charge is 0.341 e. The van der Waals surface area contributed by atoms with Crippen LogP contribution in [0.15, 0.2) is 53.3 Å². The molecular formula is C22H23ClN4O3. The molecule has 0 spiro atoms. The standard InChI is InChI=1S/C22H23ClN4O3/c1-14(24-20(28)16-6-2-3-7-17(16)23)21(29)26-12-10-15(11-13-26)27-19-9-5-4-8-18(19)25-22(27)30/h2-9,14-15H,10-13H2,1H3,(H,24,28)(H,25,30)/t14-/m0/s1. The van der Waals surface area contributed by atoms with E-state index in [1.165, 1.54) is 0 Å². The molecule has 0 unspecified atom stereocenters. The molecule has 2 N–H and O–H groups in total. The summed E-state index contributed by atoms with van der Waals surface area (Å²) in [5.74, 6) is -0.512. The molecular weight excluding hydrogens is 404 g/mol. The van der Waals surface area contributed by atoms with Crippen LogP contribution in [-0.2, 0) is 4.79 Å². The number of amides is 2. The van der Waals surface area contributed by atoms with E-state index in [4.69, 9.17) is 11.6 Å². The summed E-state index contributed by atoms with van der Waals surface area (Å²) in [6, 6.07) is 13.7. The van der Waals surface area contributed by atoms with E-state index in [-0.39, 0.29) is 23.5 Å². The van der Waals surface area contributed by atoms with E-state index in [0.717, 1.165) is 11.0 Å². The van der Waals surface area contributed by atoms with Crippen LogP contribution in [-0.4, -0.2) is 45.4 Å². The van der Waals surface area contributed by atoms with Gasteiger partial charge in [-0.2, -0.15) is 0 Å². The van der Waals surface area contributed by atoms with Crippen LogP contribution in [0.5, 0.6) is 0 Å². The van der Waals surface area contributed by atoms with Crippen LogP contribution in [0.25, 0.3) is 11.0 Å². The Balaban J connectivity index is 1.39. The molecule has 2 amide bonds. The monoisotopic (exact) mass is 426 g/mol. The third kappa shape index (κ3) is 3.85. The number of H-pyrrole nitrogens is 1. The van der Waals surface area contributed by atoms with Crippen molar-refractivity contribution in [1.82, 2.24) is 19.8 Å². The average Bonchev–Trinajstić information content (AvgIpc) is 3.09. The molecule has 7 nitrogen and oxygen atoms in total. The van der Waals surface area contributed by atoms with Crippen LogP contribution in [0, 0.1) is 0 Å². The van der Waals surface area contributed by atoms with E-state index >= 15 is 0 Å². The Morgan fingerprint density at radius 3 is 2.50 bits per heavy atom. The SMILES string of the molecule is C[C@H](NC(=O)c1ccccc1Cl)C(=O)N1CCC(n2c(=O)[nH]c3ccccc32)CC1. The molecule has 1 fully saturated rings. The molecule has 2 aromatic carbocycles. The van der Waals surface area contributed by atoms with Gasteiger partial charge in [0.05, 0.1) is 21.6 Å². The van der Waals surface area contributed by atoms with E-state index in [9.17, 15) is 14.4 Å². The number of carbonyl (C=O) groups excluding carboxylic acids is 2. The Kier molecular flexibility index (Phi) is 5.63. The van der Waals surface area contributed by atoms with Crippen LogP contribution < -0.4 is 11.0 Å².